The molecule has 63 heavy (non-hydrogen) atoms. The Kier molecular flexibility index (Phi) is 14.0. The fourth-order valence-electron chi connectivity index (χ4n) is 9.53. The molecule has 2 saturated heterocycles. The van der Waals surface area contributed by atoms with E-state index in [1.54, 1.807) is 12.7 Å². The first kappa shape index (κ1) is 45.8. The number of aromatic amines is 2. The Labute approximate surface area is 386 Å². The van der Waals surface area contributed by atoms with Gasteiger partial charge in [-0.05, 0) is 63.8 Å². The summed E-state index contributed by atoms with van der Waals surface area (Å²) in [7, 11) is 1.45. The van der Waals surface area contributed by atoms with Crippen molar-refractivity contribution in [1.29, 1.82) is 0 Å². The molecule has 0 spiro atoms. The zero-order valence-electron chi connectivity index (χ0n) is 35.8. The predicted octanol–water partition coefficient (Wildman–Crippen LogP) is 3.43. The van der Waals surface area contributed by atoms with Crippen LogP contribution in [0.2, 0.25) is 10.3 Å². The molecule has 0 aromatic carbocycles. The second-order valence-electron chi connectivity index (χ2n) is 16.4. The molecule has 0 amide bonds. The van der Waals surface area contributed by atoms with Gasteiger partial charge in [-0.1, -0.05) is 23.2 Å². The largest absolute Gasteiger partial charge is 1.00 e. The van der Waals surface area contributed by atoms with Crippen LogP contribution in [-0.2, 0) is 40.3 Å². The summed E-state index contributed by atoms with van der Waals surface area (Å²) in [5.74, 6) is 0.403. The third-order valence-electron chi connectivity index (χ3n) is 12.6. The summed E-state index contributed by atoms with van der Waals surface area (Å²) in [4.78, 5) is 66.1. The zero-order valence-corrected chi connectivity index (χ0v) is 37.3. The number of pyridine rings is 2. The number of nitrogens with one attached hydrogen (secondary N) is 2. The van der Waals surface area contributed by atoms with E-state index in [-0.39, 0.29) is 54.2 Å². The summed E-state index contributed by atoms with van der Waals surface area (Å²) >= 11 is 12.6. The molecular weight excluding hydrogens is 842 g/mol. The second kappa shape index (κ2) is 19.3. The second-order valence-corrected chi connectivity index (χ2v) is 17.2. The first-order valence-corrected chi connectivity index (χ1v) is 21.6. The van der Waals surface area contributed by atoms with Crippen LogP contribution in [0.5, 0.6) is 0 Å². The van der Waals surface area contributed by atoms with Crippen molar-refractivity contribution in [2.75, 3.05) is 52.9 Å². The summed E-state index contributed by atoms with van der Waals surface area (Å²) in [5, 5.41) is 12.5. The number of fused-ring (bicyclic) bond motifs is 4. The molecule has 0 bridgehead atoms. The number of ether oxygens (including phenoxy) is 1. The van der Waals surface area contributed by atoms with Crippen molar-refractivity contribution in [3.8, 4) is 0 Å². The van der Waals surface area contributed by atoms with Crippen LogP contribution in [0.1, 0.15) is 62.0 Å². The van der Waals surface area contributed by atoms with Crippen LogP contribution in [0.15, 0.2) is 49.3 Å². The van der Waals surface area contributed by atoms with E-state index in [2.05, 4.69) is 73.3 Å². The molecule has 20 heteroatoms. The first-order valence-electron chi connectivity index (χ1n) is 20.8. The summed E-state index contributed by atoms with van der Waals surface area (Å²) < 4.78 is 4.99. The maximum atomic E-state index is 12.1. The first-order chi connectivity index (χ1) is 29.6. The number of aromatic nitrogens is 8. The molecule has 6 aromatic heterocycles. The van der Waals surface area contributed by atoms with Gasteiger partial charge in [-0.15, -0.1) is 0 Å². The molecule has 10 heterocycles. The number of H-pyrrole nitrogens is 2. The maximum absolute atomic E-state index is 12.1. The van der Waals surface area contributed by atoms with Gasteiger partial charge in [0.25, 0.3) is 0 Å². The van der Waals surface area contributed by atoms with Gasteiger partial charge in [0.2, 0.25) is 0 Å². The topological polar surface area (TPSA) is 215 Å². The van der Waals surface area contributed by atoms with E-state index >= 15 is 0 Å². The molecule has 17 nitrogen and oxygen atoms in total. The minimum Gasteiger partial charge on any atom is -0.870 e. The van der Waals surface area contributed by atoms with E-state index in [1.807, 2.05) is 36.7 Å². The smallest absolute Gasteiger partial charge is 0.870 e. The number of esters is 1. The van der Waals surface area contributed by atoms with Crippen LogP contribution in [0, 0.1) is 11.8 Å². The van der Waals surface area contributed by atoms with Gasteiger partial charge in [0, 0.05) is 98.5 Å². The van der Waals surface area contributed by atoms with E-state index in [0.29, 0.717) is 42.9 Å². The van der Waals surface area contributed by atoms with Gasteiger partial charge in [0.15, 0.2) is 0 Å². The van der Waals surface area contributed by atoms with Crippen LogP contribution in [0.4, 0.5) is 23.0 Å². The van der Waals surface area contributed by atoms with Crippen molar-refractivity contribution in [2.24, 2.45) is 11.8 Å². The number of hydrogen-bond donors (Lipinski definition) is 3. The molecular formula is C43H49Cl2LiN12O5. The number of carbonyl (C=O) groups is 2. The van der Waals surface area contributed by atoms with Gasteiger partial charge < -0.3 is 44.9 Å². The Morgan fingerprint density at radius 1 is 0.746 bits per heavy atom. The minimum absolute atomic E-state index is 0. The fraction of sp³-hybridized carbons (Fsp3) is 0.442. The molecule has 0 radical (unpaired) electrons. The summed E-state index contributed by atoms with van der Waals surface area (Å²) in [6.07, 6.45) is 11.9. The Hall–Kier alpha value is -5.18. The Morgan fingerprint density at radius 3 is 1.67 bits per heavy atom. The number of carboxylic acids is 1. The van der Waals surface area contributed by atoms with E-state index in [4.69, 9.17) is 27.9 Å². The molecule has 0 aliphatic carbocycles. The number of piperidine rings is 2. The number of carboxylic acid groups (broad SMARTS) is 1. The van der Waals surface area contributed by atoms with Crippen molar-refractivity contribution in [2.45, 2.75) is 77.5 Å². The van der Waals surface area contributed by atoms with E-state index in [9.17, 15) is 14.7 Å². The van der Waals surface area contributed by atoms with Crippen molar-refractivity contribution < 1.29 is 43.8 Å². The molecule has 4 N–H and O–H groups in total. The standard InChI is InChI=1S/C22H25ClN6O2.C21H23ClN6O2.Li.H2O/c1-13-8-17-16(11-29(13)18-9-19(23)27-20-15(18)5-6-24-20)21(26-12-25-17)28-7-3-4-14(10-28)22(30)31-2;1-12-7-16-15(10-28(12)17-8-18(22)26-19-14(17)4-5-23-19)20(25-11-24-16)27-6-2-3-13(9-27)21(29)30;;/h5-6,9,12-14H,3-4,7-8,10-11H2,1-2H3,(H,24,27);4-5,8,11-13H,2-3,6-7,9-10H2,1H3,(H,23,26)(H,29,30);;1H2/q;;+1;/p-1/t13-,14-;12-,13-;;/m11../s1. The van der Waals surface area contributed by atoms with Crippen LogP contribution < -0.4 is 38.5 Å². The number of carbonyl (C=O) groups excluding carboxylic acids is 1. The van der Waals surface area contributed by atoms with Crippen LogP contribution in [0.25, 0.3) is 22.1 Å². The van der Waals surface area contributed by atoms with Gasteiger partial charge in [-0.3, -0.25) is 9.59 Å². The third kappa shape index (κ3) is 9.12. The van der Waals surface area contributed by atoms with Crippen LogP contribution >= 0.6 is 23.2 Å². The van der Waals surface area contributed by atoms with E-state index in [1.165, 1.54) is 7.11 Å². The Morgan fingerprint density at radius 2 is 1.21 bits per heavy atom. The zero-order chi connectivity index (χ0) is 42.4. The SMILES string of the molecule is COC(=O)[C@@H]1CCCN(c2ncnc3c2CN(c2cc(Cl)nc4[nH]ccc24)[C@H](C)C3)C1.C[C@@H]1Cc2ncnc(N3CCC[C@@H](C(=O)O)C3)c2CN1c1cc(Cl)nc2[nH]ccc12.[Li+].[OH-]. The number of aliphatic carboxylic acids is 1. The Bertz CT molecular complexity index is 2610. The number of rotatable bonds is 6. The van der Waals surface area contributed by atoms with Crippen molar-refractivity contribution >= 4 is 80.2 Å². The number of methoxy groups -OCH3 is 1. The Balaban J connectivity index is 0.000000183. The van der Waals surface area contributed by atoms with E-state index < -0.39 is 5.97 Å². The molecule has 4 atom stereocenters. The minimum atomic E-state index is -0.737. The van der Waals surface area contributed by atoms with Crippen molar-refractivity contribution in [1.82, 2.24) is 39.9 Å². The van der Waals surface area contributed by atoms with Gasteiger partial charge in [-0.25, -0.2) is 29.9 Å². The van der Waals surface area contributed by atoms with Gasteiger partial charge >= 0.3 is 30.8 Å². The van der Waals surface area contributed by atoms with Gasteiger partial charge in [0.05, 0.1) is 41.7 Å². The average Bonchev–Trinajstić information content (AvgIpc) is 3.95. The maximum Gasteiger partial charge on any atom is 1.00 e. The van der Waals surface area contributed by atoms with Crippen LogP contribution in [0.3, 0.4) is 0 Å². The molecule has 0 unspecified atom stereocenters. The summed E-state index contributed by atoms with van der Waals surface area (Å²) in [6, 6.07) is 8.35. The monoisotopic (exact) mass is 890 g/mol. The fourth-order valence-corrected chi connectivity index (χ4v) is 9.90. The average molecular weight is 892 g/mol. The number of hydrogen-bond acceptors (Lipinski definition) is 14. The van der Waals surface area contributed by atoms with Gasteiger partial charge in [-0.2, -0.15) is 0 Å². The predicted molar refractivity (Wildman–Crippen MR) is 236 cm³/mol. The molecule has 2 fully saturated rings. The number of nitrogens with zero attached hydrogens (tertiary/aromatic N) is 10. The normalized spacial score (nSPS) is 20.8. The number of anilines is 4. The summed E-state index contributed by atoms with van der Waals surface area (Å²) in [5.41, 5.74) is 7.91. The quantitative estimate of drug-likeness (QED) is 0.124. The number of halogens is 2. The molecule has 326 valence electrons. The summed E-state index contributed by atoms with van der Waals surface area (Å²) in [6.45, 7) is 8.48. The van der Waals surface area contributed by atoms with Crippen molar-refractivity contribution in [3.63, 3.8) is 0 Å². The third-order valence-corrected chi connectivity index (χ3v) is 13.0. The molecule has 4 aliphatic heterocycles. The molecule has 4 aliphatic rings. The molecule has 6 aromatic rings. The van der Waals surface area contributed by atoms with Crippen LogP contribution in [-0.4, -0.2) is 108 Å². The van der Waals surface area contributed by atoms with Gasteiger partial charge in [0.1, 0.15) is 45.9 Å². The van der Waals surface area contributed by atoms with E-state index in [0.717, 1.165) is 113 Å². The van der Waals surface area contributed by atoms with Crippen molar-refractivity contribution in [3.05, 3.63) is 82.1 Å². The molecule has 10 rings (SSSR count). The molecule has 0 saturated carbocycles.